The number of ether oxygens (including phenoxy) is 1. The highest BCUT2D eigenvalue weighted by molar-refractivity contribution is 6.05. The third-order valence-corrected chi connectivity index (χ3v) is 2.84. The Morgan fingerprint density at radius 3 is 2.42 bits per heavy atom. The first-order valence-electron chi connectivity index (χ1n) is 5.57. The Morgan fingerprint density at radius 1 is 1.37 bits per heavy atom. The van der Waals surface area contributed by atoms with Crippen LogP contribution in [0, 0.1) is 0 Å². The Hall–Kier alpha value is -2.57. The van der Waals surface area contributed by atoms with Crippen molar-refractivity contribution in [1.29, 1.82) is 0 Å². The van der Waals surface area contributed by atoms with Gasteiger partial charge in [0.25, 0.3) is 5.91 Å². The fourth-order valence-corrected chi connectivity index (χ4v) is 1.92. The molecule has 0 bridgehead atoms. The van der Waals surface area contributed by atoms with Crippen LogP contribution in [-0.2, 0) is 9.59 Å². The average Bonchev–Trinajstić information content (AvgIpc) is 2.71. The van der Waals surface area contributed by atoms with E-state index < -0.39 is 23.9 Å². The number of methoxy groups -OCH3 is 1. The molecule has 4 amide bonds. The fraction of sp³-hybridized carbons (Fsp3) is 0.250. The van der Waals surface area contributed by atoms with Gasteiger partial charge in [0.15, 0.2) is 0 Å². The van der Waals surface area contributed by atoms with Gasteiger partial charge in [0.2, 0.25) is 5.91 Å². The maximum atomic E-state index is 11.6. The number of primary amides is 1. The first-order valence-corrected chi connectivity index (χ1v) is 5.57. The van der Waals surface area contributed by atoms with Crippen LogP contribution in [0.3, 0.4) is 0 Å². The van der Waals surface area contributed by atoms with Crippen LogP contribution in [0.1, 0.15) is 11.6 Å². The molecule has 0 aliphatic carbocycles. The molecule has 1 aromatic rings. The Labute approximate surface area is 109 Å². The maximum Gasteiger partial charge on any atom is 0.325 e. The average molecular weight is 263 g/mol. The fourth-order valence-electron chi connectivity index (χ4n) is 1.92. The lowest BCUT2D eigenvalue weighted by Gasteiger charge is -2.22. The van der Waals surface area contributed by atoms with E-state index in [9.17, 15) is 14.4 Å². The molecule has 0 saturated carbocycles. The smallest absolute Gasteiger partial charge is 0.325 e. The molecule has 1 heterocycles. The van der Waals surface area contributed by atoms with Crippen molar-refractivity contribution in [2.45, 2.75) is 6.04 Å². The van der Waals surface area contributed by atoms with Crippen molar-refractivity contribution in [3.8, 4) is 5.75 Å². The van der Waals surface area contributed by atoms with Crippen molar-refractivity contribution in [2.24, 2.45) is 5.73 Å². The number of amides is 4. The van der Waals surface area contributed by atoms with Crippen LogP contribution in [0.25, 0.3) is 0 Å². The molecule has 7 heteroatoms. The predicted molar refractivity (Wildman–Crippen MR) is 65.2 cm³/mol. The van der Waals surface area contributed by atoms with Crippen molar-refractivity contribution in [3.63, 3.8) is 0 Å². The van der Waals surface area contributed by atoms with Crippen molar-refractivity contribution < 1.29 is 19.1 Å². The highest BCUT2D eigenvalue weighted by Gasteiger charge is 2.38. The third-order valence-electron chi connectivity index (χ3n) is 2.84. The van der Waals surface area contributed by atoms with E-state index in [1.54, 1.807) is 24.3 Å². The van der Waals surface area contributed by atoms with Gasteiger partial charge in [0.05, 0.1) is 13.7 Å². The molecule has 1 fully saturated rings. The lowest BCUT2D eigenvalue weighted by molar-refractivity contribution is -0.133. The molecule has 1 aliphatic heterocycles. The van der Waals surface area contributed by atoms with Gasteiger partial charge in [-0.15, -0.1) is 0 Å². The molecule has 0 aromatic heterocycles. The number of benzene rings is 1. The highest BCUT2D eigenvalue weighted by Crippen LogP contribution is 2.24. The molecule has 1 saturated heterocycles. The van der Waals surface area contributed by atoms with E-state index in [1.807, 2.05) is 0 Å². The molecule has 19 heavy (non-hydrogen) atoms. The van der Waals surface area contributed by atoms with Crippen LogP contribution in [0.2, 0.25) is 0 Å². The van der Waals surface area contributed by atoms with Gasteiger partial charge in [0.1, 0.15) is 11.8 Å². The van der Waals surface area contributed by atoms with Crippen molar-refractivity contribution >= 4 is 17.8 Å². The molecular formula is C12H13N3O4. The second kappa shape index (κ2) is 4.97. The van der Waals surface area contributed by atoms with Gasteiger partial charge in [-0.05, 0) is 17.7 Å². The Bertz CT molecular complexity index is 510. The van der Waals surface area contributed by atoms with Crippen LogP contribution in [-0.4, -0.2) is 36.4 Å². The van der Waals surface area contributed by atoms with Crippen LogP contribution >= 0.6 is 0 Å². The molecule has 0 spiro atoms. The van der Waals surface area contributed by atoms with E-state index in [2.05, 4.69) is 5.32 Å². The van der Waals surface area contributed by atoms with Gasteiger partial charge in [-0.1, -0.05) is 12.1 Å². The first-order chi connectivity index (χ1) is 9.04. The summed E-state index contributed by atoms with van der Waals surface area (Å²) in [5.41, 5.74) is 5.76. The van der Waals surface area contributed by atoms with Gasteiger partial charge in [0, 0.05) is 0 Å². The summed E-state index contributed by atoms with van der Waals surface area (Å²) < 4.78 is 5.00. The quantitative estimate of drug-likeness (QED) is 0.733. The van der Waals surface area contributed by atoms with Crippen LogP contribution in [0.15, 0.2) is 24.3 Å². The molecule has 1 atom stereocenters. The number of imide groups is 1. The summed E-state index contributed by atoms with van der Waals surface area (Å²) in [6.45, 7) is -0.126. The normalized spacial score (nSPS) is 16.2. The Morgan fingerprint density at radius 2 is 2.00 bits per heavy atom. The Kier molecular flexibility index (Phi) is 3.37. The second-order valence-corrected chi connectivity index (χ2v) is 4.00. The summed E-state index contributed by atoms with van der Waals surface area (Å²) >= 11 is 0. The molecule has 1 aromatic carbocycles. The molecule has 1 unspecified atom stereocenters. The maximum absolute atomic E-state index is 11.6. The second-order valence-electron chi connectivity index (χ2n) is 4.00. The van der Waals surface area contributed by atoms with E-state index in [-0.39, 0.29) is 6.54 Å². The van der Waals surface area contributed by atoms with Gasteiger partial charge >= 0.3 is 6.03 Å². The molecular weight excluding hydrogens is 250 g/mol. The van der Waals surface area contributed by atoms with Gasteiger partial charge in [-0.3, -0.25) is 9.59 Å². The zero-order chi connectivity index (χ0) is 14.0. The number of nitrogens with zero attached hydrogens (tertiary/aromatic N) is 1. The molecule has 2 rings (SSSR count). The third kappa shape index (κ3) is 2.35. The SMILES string of the molecule is COc1ccc(C(C(N)=O)N2C(=O)CNC2=O)cc1. The van der Waals surface area contributed by atoms with E-state index >= 15 is 0 Å². The summed E-state index contributed by atoms with van der Waals surface area (Å²) in [6.07, 6.45) is 0. The monoisotopic (exact) mass is 263 g/mol. The summed E-state index contributed by atoms with van der Waals surface area (Å²) in [5, 5.41) is 2.35. The highest BCUT2D eigenvalue weighted by atomic mass is 16.5. The van der Waals surface area contributed by atoms with E-state index in [0.717, 1.165) is 4.90 Å². The minimum absolute atomic E-state index is 0.126. The Balaban J connectivity index is 2.36. The number of rotatable bonds is 4. The van der Waals surface area contributed by atoms with Gasteiger partial charge in [-0.25, -0.2) is 9.69 Å². The van der Waals surface area contributed by atoms with Crippen LogP contribution in [0.4, 0.5) is 4.79 Å². The molecule has 7 nitrogen and oxygen atoms in total. The molecule has 0 radical (unpaired) electrons. The summed E-state index contributed by atoms with van der Waals surface area (Å²) in [5.74, 6) is -0.649. The van der Waals surface area contributed by atoms with E-state index in [1.165, 1.54) is 7.11 Å². The summed E-state index contributed by atoms with van der Waals surface area (Å²) in [4.78, 5) is 35.6. The standard InChI is InChI=1S/C12H13N3O4/c1-19-8-4-2-7(3-5-8)10(11(13)17)15-9(16)6-14-12(15)18/h2-5,10H,6H2,1H3,(H2,13,17)(H,14,18). The number of carbonyl (C=O) groups excluding carboxylic acids is 3. The zero-order valence-electron chi connectivity index (χ0n) is 10.3. The largest absolute Gasteiger partial charge is 0.497 e. The minimum Gasteiger partial charge on any atom is -0.497 e. The predicted octanol–water partition coefficient (Wildman–Crippen LogP) is -0.227. The number of carbonyl (C=O) groups is 3. The van der Waals surface area contributed by atoms with Gasteiger partial charge in [-0.2, -0.15) is 0 Å². The summed E-state index contributed by atoms with van der Waals surface area (Å²) in [6, 6.07) is 4.71. The van der Waals surface area contributed by atoms with Crippen molar-refractivity contribution in [3.05, 3.63) is 29.8 Å². The van der Waals surface area contributed by atoms with Crippen LogP contribution in [0.5, 0.6) is 5.75 Å². The first kappa shape index (κ1) is 12.9. The summed E-state index contributed by atoms with van der Waals surface area (Å²) in [7, 11) is 1.51. The van der Waals surface area contributed by atoms with E-state index in [4.69, 9.17) is 10.5 Å². The number of urea groups is 1. The lowest BCUT2D eigenvalue weighted by atomic mass is 10.0. The van der Waals surface area contributed by atoms with E-state index in [0.29, 0.717) is 11.3 Å². The molecule has 100 valence electrons. The number of nitrogens with one attached hydrogen (secondary N) is 1. The zero-order valence-corrected chi connectivity index (χ0v) is 10.3. The number of hydrogen-bond donors (Lipinski definition) is 2. The number of hydrogen-bond acceptors (Lipinski definition) is 4. The van der Waals surface area contributed by atoms with Crippen LogP contribution < -0.4 is 15.8 Å². The topological polar surface area (TPSA) is 102 Å². The number of nitrogens with two attached hydrogens (primary N) is 1. The molecule has 1 aliphatic rings. The van der Waals surface area contributed by atoms with Crippen molar-refractivity contribution in [1.82, 2.24) is 10.2 Å². The molecule has 3 N–H and O–H groups in total. The van der Waals surface area contributed by atoms with Gasteiger partial charge < -0.3 is 15.8 Å². The lowest BCUT2D eigenvalue weighted by Crippen LogP contribution is -2.41. The van der Waals surface area contributed by atoms with Crippen molar-refractivity contribution in [2.75, 3.05) is 13.7 Å². The minimum atomic E-state index is -1.11.